The maximum atomic E-state index is 13.2. The van der Waals surface area contributed by atoms with E-state index in [1.807, 2.05) is 37.3 Å². The van der Waals surface area contributed by atoms with E-state index in [9.17, 15) is 14.9 Å². The molecule has 0 aliphatic carbocycles. The number of nitrogens with one attached hydrogen (secondary N) is 1. The summed E-state index contributed by atoms with van der Waals surface area (Å²) in [7, 11) is 1.51. The summed E-state index contributed by atoms with van der Waals surface area (Å²) >= 11 is 0. The van der Waals surface area contributed by atoms with Crippen LogP contribution >= 0.6 is 0 Å². The molecule has 0 amide bonds. The number of rotatable bonds is 9. The molecule has 1 aliphatic heterocycles. The van der Waals surface area contributed by atoms with Crippen molar-refractivity contribution in [3.8, 4) is 0 Å². The van der Waals surface area contributed by atoms with Gasteiger partial charge in [0.25, 0.3) is 11.6 Å². The molecule has 0 saturated carbocycles. The van der Waals surface area contributed by atoms with Crippen LogP contribution in [0.1, 0.15) is 42.6 Å². The summed E-state index contributed by atoms with van der Waals surface area (Å²) in [4.78, 5) is 28.9. The van der Waals surface area contributed by atoms with Gasteiger partial charge in [-0.2, -0.15) is 4.98 Å². The normalized spacial score (nSPS) is 15.6. The standard InChI is InChI=1S/C26H26N4O6/c1-16-22(25-28-21(29-36-25)14-18-8-5-4-6-9-18)24(19-10-7-11-20(15-19)30(32)33)23(17(2)27-16)26(31)35-13-12-34-3/h4-11,15,24,27H,12-14H2,1-3H3. The number of ether oxygens (including phenoxy) is 2. The van der Waals surface area contributed by atoms with Gasteiger partial charge in [0.15, 0.2) is 5.82 Å². The highest BCUT2D eigenvalue weighted by Gasteiger charge is 2.37. The first kappa shape index (κ1) is 24.8. The number of esters is 1. The van der Waals surface area contributed by atoms with Crippen molar-refractivity contribution in [2.75, 3.05) is 20.3 Å². The summed E-state index contributed by atoms with van der Waals surface area (Å²) in [5.41, 5.74) is 3.56. The van der Waals surface area contributed by atoms with Gasteiger partial charge in [0.05, 0.1) is 23.0 Å². The van der Waals surface area contributed by atoms with Crippen LogP contribution in [0.25, 0.3) is 5.57 Å². The van der Waals surface area contributed by atoms with Gasteiger partial charge in [-0.05, 0) is 25.0 Å². The SMILES string of the molecule is COCCOC(=O)C1=C(C)NC(C)=C(c2nc(Cc3ccccc3)no2)C1c1cccc([N+](=O)[O-])c1. The van der Waals surface area contributed by atoms with Crippen LogP contribution in [0, 0.1) is 10.1 Å². The molecule has 186 valence electrons. The Labute approximate surface area is 207 Å². The minimum absolute atomic E-state index is 0.0631. The molecule has 1 unspecified atom stereocenters. The number of methoxy groups -OCH3 is 1. The molecular weight excluding hydrogens is 464 g/mol. The molecule has 2 heterocycles. The van der Waals surface area contributed by atoms with Crippen molar-refractivity contribution in [2.45, 2.75) is 26.2 Å². The van der Waals surface area contributed by atoms with Gasteiger partial charge in [0.1, 0.15) is 6.61 Å². The Balaban J connectivity index is 1.78. The molecule has 0 spiro atoms. The second-order valence-corrected chi connectivity index (χ2v) is 8.29. The second kappa shape index (κ2) is 11.0. The number of nitro benzene ring substituents is 1. The maximum absolute atomic E-state index is 13.2. The van der Waals surface area contributed by atoms with Crippen molar-refractivity contribution in [1.29, 1.82) is 0 Å². The molecule has 0 saturated heterocycles. The predicted octanol–water partition coefficient (Wildman–Crippen LogP) is 4.15. The Kier molecular flexibility index (Phi) is 7.55. The van der Waals surface area contributed by atoms with Crippen molar-refractivity contribution < 1.29 is 23.7 Å². The largest absolute Gasteiger partial charge is 0.460 e. The highest BCUT2D eigenvalue weighted by Crippen LogP contribution is 2.43. The van der Waals surface area contributed by atoms with Gasteiger partial charge in [-0.15, -0.1) is 0 Å². The van der Waals surface area contributed by atoms with Gasteiger partial charge >= 0.3 is 5.97 Å². The highest BCUT2D eigenvalue weighted by atomic mass is 16.6. The molecule has 0 bridgehead atoms. The molecule has 4 rings (SSSR count). The molecule has 0 fully saturated rings. The van der Waals surface area contributed by atoms with Gasteiger partial charge in [0.2, 0.25) is 0 Å². The lowest BCUT2D eigenvalue weighted by molar-refractivity contribution is -0.384. The fourth-order valence-electron chi connectivity index (χ4n) is 4.21. The second-order valence-electron chi connectivity index (χ2n) is 8.29. The van der Waals surface area contributed by atoms with Gasteiger partial charge in [-0.1, -0.05) is 47.6 Å². The number of carbonyl (C=O) groups excluding carboxylic acids is 1. The van der Waals surface area contributed by atoms with Crippen LogP contribution in [0.5, 0.6) is 0 Å². The van der Waals surface area contributed by atoms with E-state index >= 15 is 0 Å². The zero-order chi connectivity index (χ0) is 25.7. The van der Waals surface area contributed by atoms with E-state index in [2.05, 4.69) is 15.5 Å². The number of dihydropyridines is 1. The first-order chi connectivity index (χ1) is 17.4. The van der Waals surface area contributed by atoms with Crippen LogP contribution in [0.2, 0.25) is 0 Å². The minimum atomic E-state index is -0.730. The van der Waals surface area contributed by atoms with Crippen LogP contribution in [0.15, 0.2) is 76.1 Å². The van der Waals surface area contributed by atoms with Crippen molar-refractivity contribution in [3.63, 3.8) is 0 Å². The monoisotopic (exact) mass is 490 g/mol. The average molecular weight is 491 g/mol. The summed E-state index contributed by atoms with van der Waals surface area (Å²) < 4.78 is 16.1. The molecule has 1 atom stereocenters. The zero-order valence-electron chi connectivity index (χ0n) is 20.2. The third kappa shape index (κ3) is 5.33. The lowest BCUT2D eigenvalue weighted by atomic mass is 9.80. The Bertz CT molecular complexity index is 1330. The van der Waals surface area contributed by atoms with E-state index in [0.717, 1.165) is 5.56 Å². The molecule has 10 heteroatoms. The van der Waals surface area contributed by atoms with Gasteiger partial charge < -0.3 is 19.3 Å². The fourth-order valence-corrected chi connectivity index (χ4v) is 4.21. The number of nitrogens with zero attached hydrogens (tertiary/aromatic N) is 3. The molecule has 1 N–H and O–H groups in total. The van der Waals surface area contributed by atoms with E-state index in [1.54, 1.807) is 19.1 Å². The van der Waals surface area contributed by atoms with Crippen LogP contribution in [-0.2, 0) is 20.7 Å². The molecule has 36 heavy (non-hydrogen) atoms. The van der Waals surface area contributed by atoms with E-state index in [4.69, 9.17) is 14.0 Å². The molecule has 0 radical (unpaired) electrons. The van der Waals surface area contributed by atoms with Crippen molar-refractivity contribution in [1.82, 2.24) is 15.5 Å². The van der Waals surface area contributed by atoms with E-state index < -0.39 is 16.8 Å². The predicted molar refractivity (Wildman–Crippen MR) is 131 cm³/mol. The smallest absolute Gasteiger partial charge is 0.336 e. The third-order valence-electron chi connectivity index (χ3n) is 5.82. The first-order valence-corrected chi connectivity index (χ1v) is 11.3. The molecular formula is C26H26N4O6. The number of non-ortho nitro benzene ring substituents is 1. The molecule has 1 aromatic heterocycles. The first-order valence-electron chi connectivity index (χ1n) is 11.3. The van der Waals surface area contributed by atoms with Crippen molar-refractivity contribution in [3.05, 3.63) is 105 Å². The van der Waals surface area contributed by atoms with Gasteiger partial charge in [-0.3, -0.25) is 10.1 Å². The quantitative estimate of drug-likeness (QED) is 0.203. The number of benzene rings is 2. The number of nitro groups is 1. The van der Waals surface area contributed by atoms with Crippen LogP contribution in [-0.4, -0.2) is 41.4 Å². The molecule has 1 aliphatic rings. The molecule has 2 aromatic carbocycles. The molecule has 10 nitrogen and oxygen atoms in total. The maximum Gasteiger partial charge on any atom is 0.336 e. The fraction of sp³-hybridized carbons (Fsp3) is 0.269. The molecule has 3 aromatic rings. The lowest BCUT2D eigenvalue weighted by Crippen LogP contribution is -2.29. The summed E-state index contributed by atoms with van der Waals surface area (Å²) in [5, 5.41) is 18.9. The summed E-state index contributed by atoms with van der Waals surface area (Å²) in [6.07, 6.45) is 0.465. The third-order valence-corrected chi connectivity index (χ3v) is 5.82. The van der Waals surface area contributed by atoms with Gasteiger partial charge in [-0.25, -0.2) is 4.79 Å². The summed E-state index contributed by atoms with van der Waals surface area (Å²) in [6, 6.07) is 15.9. The van der Waals surface area contributed by atoms with Crippen molar-refractivity contribution in [2.24, 2.45) is 0 Å². The Morgan fingerprint density at radius 2 is 1.89 bits per heavy atom. The topological polar surface area (TPSA) is 130 Å². The number of aromatic nitrogens is 2. The zero-order valence-corrected chi connectivity index (χ0v) is 20.2. The number of allylic oxidation sites excluding steroid dienone is 3. The summed E-state index contributed by atoms with van der Waals surface area (Å²) in [5.74, 6) is -0.601. The number of hydrogen-bond donors (Lipinski definition) is 1. The highest BCUT2D eigenvalue weighted by molar-refractivity contribution is 5.97. The summed E-state index contributed by atoms with van der Waals surface area (Å²) in [6.45, 7) is 3.89. The van der Waals surface area contributed by atoms with Crippen molar-refractivity contribution >= 4 is 17.2 Å². The van der Waals surface area contributed by atoms with Gasteiger partial charge in [0, 0.05) is 42.6 Å². The Morgan fingerprint density at radius 1 is 1.11 bits per heavy atom. The Hall–Kier alpha value is -4.31. The Morgan fingerprint density at radius 3 is 2.61 bits per heavy atom. The van der Waals surface area contributed by atoms with Crippen LogP contribution in [0.3, 0.4) is 0 Å². The minimum Gasteiger partial charge on any atom is -0.460 e. The van der Waals surface area contributed by atoms with Crippen LogP contribution in [0.4, 0.5) is 5.69 Å². The lowest BCUT2D eigenvalue weighted by Gasteiger charge is -2.30. The van der Waals surface area contributed by atoms with E-state index in [-0.39, 0.29) is 24.8 Å². The van der Waals surface area contributed by atoms with E-state index in [0.29, 0.717) is 40.3 Å². The van der Waals surface area contributed by atoms with E-state index in [1.165, 1.54) is 19.2 Å². The van der Waals surface area contributed by atoms with Crippen LogP contribution < -0.4 is 5.32 Å². The number of carbonyl (C=O) groups is 1. The average Bonchev–Trinajstić information content (AvgIpc) is 3.32. The number of hydrogen-bond acceptors (Lipinski definition) is 9.